The highest BCUT2D eigenvalue weighted by molar-refractivity contribution is 5.16. The number of halogens is 1. The second-order valence-electron chi connectivity index (χ2n) is 2.76. The Labute approximate surface area is 75.6 Å². The first kappa shape index (κ1) is 7.98. The van der Waals surface area contributed by atoms with Gasteiger partial charge >= 0.3 is 0 Å². The molecule has 0 fully saturated rings. The molecule has 1 heterocycles. The molecule has 0 saturated heterocycles. The Bertz CT molecular complexity index is 364. The summed E-state index contributed by atoms with van der Waals surface area (Å²) in [5.41, 5.74) is 1.03. The summed E-state index contributed by atoms with van der Waals surface area (Å²) in [7, 11) is 0. The van der Waals surface area contributed by atoms with Gasteiger partial charge in [-0.15, -0.1) is 0 Å². The molecule has 2 nitrogen and oxygen atoms in total. The number of hydrogen-bond acceptors (Lipinski definition) is 1. The summed E-state index contributed by atoms with van der Waals surface area (Å²) in [5, 5.41) is 4.00. The zero-order valence-electron chi connectivity index (χ0n) is 6.94. The van der Waals surface area contributed by atoms with Gasteiger partial charge in [-0.25, -0.2) is 4.39 Å². The van der Waals surface area contributed by atoms with Crippen LogP contribution < -0.4 is 0 Å². The van der Waals surface area contributed by atoms with Crippen LogP contribution in [0.2, 0.25) is 0 Å². The fraction of sp³-hybridized carbons (Fsp3) is 0.100. The monoisotopic (exact) mass is 175 g/mol. The minimum absolute atomic E-state index is 0.212. The Balaban J connectivity index is 2.15. The van der Waals surface area contributed by atoms with E-state index in [9.17, 15) is 4.39 Å². The maximum absolute atomic E-state index is 12.5. The van der Waals surface area contributed by atoms with E-state index in [0.29, 0.717) is 6.54 Å². The van der Waals surface area contributed by atoms with Crippen LogP contribution in [0, 0.1) is 11.9 Å². The molecule has 0 aliphatic rings. The molecular formula is C10H8FN2. The largest absolute Gasteiger partial charge is 0.268 e. The Morgan fingerprint density at radius 1 is 1.31 bits per heavy atom. The van der Waals surface area contributed by atoms with E-state index in [2.05, 4.69) is 11.2 Å². The number of hydrogen-bond donors (Lipinski definition) is 0. The fourth-order valence-corrected chi connectivity index (χ4v) is 1.12. The minimum Gasteiger partial charge on any atom is -0.268 e. The first-order valence-electron chi connectivity index (χ1n) is 3.97. The van der Waals surface area contributed by atoms with Crippen LogP contribution in [0.3, 0.4) is 0 Å². The molecule has 3 heteroatoms. The van der Waals surface area contributed by atoms with Crippen molar-refractivity contribution in [3.05, 3.63) is 54.1 Å². The quantitative estimate of drug-likeness (QED) is 0.681. The smallest absolute Gasteiger partial charge is 0.123 e. The predicted octanol–water partition coefficient (Wildman–Crippen LogP) is 1.87. The molecule has 0 spiro atoms. The van der Waals surface area contributed by atoms with Gasteiger partial charge < -0.3 is 0 Å². The van der Waals surface area contributed by atoms with Crippen molar-refractivity contribution in [2.45, 2.75) is 6.54 Å². The van der Waals surface area contributed by atoms with Crippen molar-refractivity contribution < 1.29 is 4.39 Å². The van der Waals surface area contributed by atoms with Crippen LogP contribution in [-0.2, 0) is 6.54 Å². The van der Waals surface area contributed by atoms with E-state index < -0.39 is 0 Å². The van der Waals surface area contributed by atoms with Crippen molar-refractivity contribution in [3.63, 3.8) is 0 Å². The zero-order chi connectivity index (χ0) is 9.10. The SMILES string of the molecule is Fc1ccc(Cn2c[c]cn2)cc1. The van der Waals surface area contributed by atoms with Gasteiger partial charge in [0.05, 0.1) is 12.7 Å². The Kier molecular flexibility index (Phi) is 2.08. The molecule has 13 heavy (non-hydrogen) atoms. The van der Waals surface area contributed by atoms with E-state index in [0.717, 1.165) is 5.56 Å². The van der Waals surface area contributed by atoms with Crippen molar-refractivity contribution in [1.29, 1.82) is 0 Å². The lowest BCUT2D eigenvalue weighted by Gasteiger charge is -2.00. The third-order valence-electron chi connectivity index (χ3n) is 1.76. The molecule has 0 aliphatic heterocycles. The summed E-state index contributed by atoms with van der Waals surface area (Å²) in [6, 6.07) is 9.23. The van der Waals surface area contributed by atoms with Crippen LogP contribution in [0.25, 0.3) is 0 Å². The first-order valence-corrected chi connectivity index (χ1v) is 3.97. The minimum atomic E-state index is -0.212. The molecule has 65 valence electrons. The lowest BCUT2D eigenvalue weighted by molar-refractivity contribution is 0.624. The van der Waals surface area contributed by atoms with Crippen molar-refractivity contribution in [2.75, 3.05) is 0 Å². The number of nitrogens with zero attached hydrogens (tertiary/aromatic N) is 2. The van der Waals surface area contributed by atoms with Crippen LogP contribution in [0.1, 0.15) is 5.56 Å². The van der Waals surface area contributed by atoms with Gasteiger partial charge in [0.25, 0.3) is 0 Å². The summed E-state index contributed by atoms with van der Waals surface area (Å²) in [4.78, 5) is 0. The van der Waals surface area contributed by atoms with Gasteiger partial charge in [-0.1, -0.05) is 12.1 Å². The van der Waals surface area contributed by atoms with E-state index in [1.165, 1.54) is 12.1 Å². The summed E-state index contributed by atoms with van der Waals surface area (Å²) < 4.78 is 14.3. The summed E-state index contributed by atoms with van der Waals surface area (Å²) in [6.45, 7) is 0.657. The maximum Gasteiger partial charge on any atom is 0.123 e. The molecule has 2 aromatic rings. The molecule has 0 atom stereocenters. The highest BCUT2D eigenvalue weighted by Gasteiger charge is 1.94. The maximum atomic E-state index is 12.5. The number of rotatable bonds is 2. The van der Waals surface area contributed by atoms with E-state index >= 15 is 0 Å². The molecule has 0 saturated carbocycles. The van der Waals surface area contributed by atoms with Crippen molar-refractivity contribution in [1.82, 2.24) is 9.78 Å². The average molecular weight is 175 g/mol. The van der Waals surface area contributed by atoms with E-state index in [4.69, 9.17) is 0 Å². The van der Waals surface area contributed by atoms with Crippen LogP contribution in [0.15, 0.2) is 36.7 Å². The molecule has 1 aromatic carbocycles. The number of benzene rings is 1. The summed E-state index contributed by atoms with van der Waals surface area (Å²) in [6.07, 6.45) is 3.35. The molecule has 1 radical (unpaired) electrons. The van der Waals surface area contributed by atoms with E-state index in [1.54, 1.807) is 29.2 Å². The normalized spacial score (nSPS) is 10.2. The van der Waals surface area contributed by atoms with Crippen molar-refractivity contribution in [2.24, 2.45) is 0 Å². The topological polar surface area (TPSA) is 17.8 Å². The van der Waals surface area contributed by atoms with Gasteiger partial charge in [0.15, 0.2) is 0 Å². The molecule has 0 amide bonds. The number of aromatic nitrogens is 2. The van der Waals surface area contributed by atoms with E-state index in [1.807, 2.05) is 0 Å². The van der Waals surface area contributed by atoms with E-state index in [-0.39, 0.29) is 5.82 Å². The van der Waals surface area contributed by atoms with Gasteiger partial charge in [-0.2, -0.15) is 5.10 Å². The van der Waals surface area contributed by atoms with Crippen molar-refractivity contribution in [3.8, 4) is 0 Å². The third-order valence-corrected chi connectivity index (χ3v) is 1.76. The summed E-state index contributed by atoms with van der Waals surface area (Å²) in [5.74, 6) is -0.212. The lowest BCUT2D eigenvalue weighted by atomic mass is 10.2. The Morgan fingerprint density at radius 3 is 2.69 bits per heavy atom. The lowest BCUT2D eigenvalue weighted by Crippen LogP contribution is -1.99. The molecule has 1 aromatic heterocycles. The third kappa shape index (κ3) is 1.93. The predicted molar refractivity (Wildman–Crippen MR) is 46.6 cm³/mol. The van der Waals surface area contributed by atoms with Gasteiger partial charge in [0.1, 0.15) is 5.82 Å². The fourth-order valence-electron chi connectivity index (χ4n) is 1.12. The van der Waals surface area contributed by atoms with Crippen LogP contribution >= 0.6 is 0 Å². The van der Waals surface area contributed by atoms with Crippen LogP contribution in [0.4, 0.5) is 4.39 Å². The van der Waals surface area contributed by atoms with Crippen LogP contribution in [0.5, 0.6) is 0 Å². The standard InChI is InChI=1S/C10H8FN2/c11-10-4-2-9(3-5-10)8-13-7-1-6-12-13/h2-7H,8H2. The van der Waals surface area contributed by atoms with Crippen LogP contribution in [-0.4, -0.2) is 9.78 Å². The van der Waals surface area contributed by atoms with Gasteiger partial charge in [-0.3, -0.25) is 4.68 Å². The average Bonchev–Trinajstić information content (AvgIpc) is 2.62. The molecule has 0 unspecified atom stereocenters. The Morgan fingerprint density at radius 2 is 2.08 bits per heavy atom. The van der Waals surface area contributed by atoms with Gasteiger partial charge in [-0.05, 0) is 17.7 Å². The second-order valence-corrected chi connectivity index (χ2v) is 2.76. The molecule has 0 bridgehead atoms. The first-order chi connectivity index (χ1) is 6.34. The molecular weight excluding hydrogens is 167 g/mol. The molecule has 0 aliphatic carbocycles. The van der Waals surface area contributed by atoms with Gasteiger partial charge in [0.2, 0.25) is 0 Å². The Hall–Kier alpha value is -1.64. The zero-order valence-corrected chi connectivity index (χ0v) is 6.94. The second kappa shape index (κ2) is 3.39. The molecule has 0 N–H and O–H groups in total. The molecule has 2 rings (SSSR count). The highest BCUT2D eigenvalue weighted by atomic mass is 19.1. The highest BCUT2D eigenvalue weighted by Crippen LogP contribution is 2.03. The van der Waals surface area contributed by atoms with Gasteiger partial charge in [0, 0.05) is 12.3 Å². The van der Waals surface area contributed by atoms with Crippen molar-refractivity contribution >= 4 is 0 Å². The summed E-state index contributed by atoms with van der Waals surface area (Å²) >= 11 is 0.